The maximum absolute atomic E-state index is 12.3. The number of unbranched alkanes of at least 4 members (excludes halogenated alkanes) is 1. The van der Waals surface area contributed by atoms with Gasteiger partial charge in [-0.05, 0) is 26.3 Å². The first-order valence-electron chi connectivity index (χ1n) is 7.62. The van der Waals surface area contributed by atoms with Gasteiger partial charge in [-0.15, -0.1) is 0 Å². The summed E-state index contributed by atoms with van der Waals surface area (Å²) in [6.45, 7) is 12.8. The second-order valence-corrected chi connectivity index (χ2v) is 7.24. The van der Waals surface area contributed by atoms with Crippen molar-refractivity contribution in [2.45, 2.75) is 71.9 Å². The molecule has 1 amide bonds. The van der Waals surface area contributed by atoms with E-state index in [9.17, 15) is 9.90 Å². The second-order valence-electron chi connectivity index (χ2n) is 7.24. The molecule has 0 aliphatic rings. The molecule has 120 valence electrons. The lowest BCUT2D eigenvalue weighted by Gasteiger charge is -2.22. The van der Waals surface area contributed by atoms with Gasteiger partial charge in [0.25, 0.3) is 5.91 Å². The molecule has 0 unspecified atom stereocenters. The van der Waals surface area contributed by atoms with Gasteiger partial charge >= 0.3 is 0 Å². The fraction of sp³-hybridized carbons (Fsp3) is 0.750. The topological polar surface area (TPSA) is 67.2 Å². The summed E-state index contributed by atoms with van der Waals surface area (Å²) in [6, 6.07) is 1.86. The van der Waals surface area contributed by atoms with Crippen LogP contribution in [0.1, 0.15) is 70.6 Å². The lowest BCUT2D eigenvalue weighted by molar-refractivity contribution is 0.0863. The first-order valence-corrected chi connectivity index (χ1v) is 7.62. The Hall–Kier alpha value is -1.36. The van der Waals surface area contributed by atoms with Crippen LogP contribution in [0.2, 0.25) is 0 Å². The summed E-state index contributed by atoms with van der Waals surface area (Å²) in [5.41, 5.74) is 0.762. The van der Waals surface area contributed by atoms with Crippen LogP contribution in [0.3, 0.4) is 0 Å². The highest BCUT2D eigenvalue weighted by molar-refractivity contribution is 5.92. The Morgan fingerprint density at radius 3 is 2.43 bits per heavy atom. The van der Waals surface area contributed by atoms with Gasteiger partial charge in [0, 0.05) is 17.7 Å². The zero-order chi connectivity index (χ0) is 16.3. The summed E-state index contributed by atoms with van der Waals surface area (Å²) < 4.78 is 1.93. The van der Waals surface area contributed by atoms with Gasteiger partial charge < -0.3 is 10.4 Å². The molecular weight excluding hydrogens is 266 g/mol. The molecule has 0 radical (unpaired) electrons. The van der Waals surface area contributed by atoms with Crippen LogP contribution in [0.15, 0.2) is 6.07 Å². The zero-order valence-electron chi connectivity index (χ0n) is 14.2. The molecule has 21 heavy (non-hydrogen) atoms. The third kappa shape index (κ3) is 4.84. The number of hydrogen-bond acceptors (Lipinski definition) is 3. The predicted octanol–water partition coefficient (Wildman–Crippen LogP) is 2.48. The standard InChI is InChI=1S/C16H29N3O2/c1-7-8-9-19-13(15(2,3)4)10-12(18-19)14(21)17-16(5,6)11-20/h10,20H,7-9,11H2,1-6H3,(H,17,21). The van der Waals surface area contributed by atoms with Crippen LogP contribution in [-0.2, 0) is 12.0 Å². The van der Waals surface area contributed by atoms with E-state index in [2.05, 4.69) is 38.1 Å². The molecular formula is C16H29N3O2. The van der Waals surface area contributed by atoms with Gasteiger partial charge in [-0.25, -0.2) is 0 Å². The van der Waals surface area contributed by atoms with Crippen LogP contribution in [0.4, 0.5) is 0 Å². The number of carbonyl (C=O) groups is 1. The normalized spacial score (nSPS) is 12.5. The van der Waals surface area contributed by atoms with Crippen molar-refractivity contribution in [1.29, 1.82) is 0 Å². The minimum Gasteiger partial charge on any atom is -0.394 e. The van der Waals surface area contributed by atoms with Crippen molar-refractivity contribution in [3.05, 3.63) is 17.5 Å². The molecule has 1 rings (SSSR count). The third-order valence-electron chi connectivity index (χ3n) is 3.35. The van der Waals surface area contributed by atoms with Crippen molar-refractivity contribution in [3.63, 3.8) is 0 Å². The molecule has 2 N–H and O–H groups in total. The quantitative estimate of drug-likeness (QED) is 0.847. The molecule has 5 heteroatoms. The predicted molar refractivity (Wildman–Crippen MR) is 84.5 cm³/mol. The highest BCUT2D eigenvalue weighted by Crippen LogP contribution is 2.23. The summed E-state index contributed by atoms with van der Waals surface area (Å²) in [5.74, 6) is -0.241. The number of carbonyl (C=O) groups excluding carboxylic acids is 1. The highest BCUT2D eigenvalue weighted by atomic mass is 16.3. The number of aryl methyl sites for hydroxylation is 1. The van der Waals surface area contributed by atoms with Crippen LogP contribution < -0.4 is 5.32 Å². The van der Waals surface area contributed by atoms with Crippen LogP contribution in [0, 0.1) is 0 Å². The van der Waals surface area contributed by atoms with Gasteiger partial charge in [-0.2, -0.15) is 5.10 Å². The van der Waals surface area contributed by atoms with Crippen LogP contribution in [0.5, 0.6) is 0 Å². The molecule has 0 aromatic carbocycles. The molecule has 0 saturated heterocycles. The Morgan fingerprint density at radius 2 is 1.95 bits per heavy atom. The number of aliphatic hydroxyl groups excluding tert-OH is 1. The third-order valence-corrected chi connectivity index (χ3v) is 3.35. The fourth-order valence-corrected chi connectivity index (χ4v) is 2.02. The van der Waals surface area contributed by atoms with Crippen LogP contribution >= 0.6 is 0 Å². The van der Waals surface area contributed by atoms with E-state index in [1.807, 2.05) is 10.7 Å². The summed E-state index contributed by atoms with van der Waals surface area (Å²) >= 11 is 0. The number of amides is 1. The van der Waals surface area contributed by atoms with E-state index in [1.54, 1.807) is 13.8 Å². The number of rotatable bonds is 6. The number of aromatic nitrogens is 2. The van der Waals surface area contributed by atoms with Gasteiger partial charge in [-0.3, -0.25) is 9.48 Å². The molecule has 1 heterocycles. The van der Waals surface area contributed by atoms with Crippen LogP contribution in [0.25, 0.3) is 0 Å². The average molecular weight is 295 g/mol. The largest absolute Gasteiger partial charge is 0.394 e. The molecule has 0 aliphatic carbocycles. The molecule has 0 bridgehead atoms. The molecule has 1 aromatic heterocycles. The van der Waals surface area contributed by atoms with Gasteiger partial charge in [0.05, 0.1) is 12.1 Å². The molecule has 0 fully saturated rings. The molecule has 0 saturated carbocycles. The SMILES string of the molecule is CCCCn1nc(C(=O)NC(C)(C)CO)cc1C(C)(C)C. The summed E-state index contributed by atoms with van der Waals surface area (Å²) in [6.07, 6.45) is 2.12. The minimum atomic E-state index is -0.647. The van der Waals surface area contributed by atoms with Gasteiger partial charge in [0.2, 0.25) is 0 Å². The zero-order valence-corrected chi connectivity index (χ0v) is 14.2. The van der Waals surface area contributed by atoms with Crippen molar-refractivity contribution in [2.24, 2.45) is 0 Å². The lowest BCUT2D eigenvalue weighted by atomic mass is 9.91. The van der Waals surface area contributed by atoms with Crippen molar-refractivity contribution in [3.8, 4) is 0 Å². The maximum Gasteiger partial charge on any atom is 0.272 e. The average Bonchev–Trinajstić information content (AvgIpc) is 2.80. The Balaban J connectivity index is 3.04. The number of nitrogens with one attached hydrogen (secondary N) is 1. The van der Waals surface area contributed by atoms with Crippen molar-refractivity contribution in [2.75, 3.05) is 6.61 Å². The molecule has 0 atom stereocenters. The molecule has 0 aliphatic heterocycles. The van der Waals surface area contributed by atoms with E-state index in [0.717, 1.165) is 25.1 Å². The summed E-state index contributed by atoms with van der Waals surface area (Å²) in [4.78, 5) is 12.3. The first kappa shape index (κ1) is 17.7. The highest BCUT2D eigenvalue weighted by Gasteiger charge is 2.26. The molecule has 1 aromatic rings. The van der Waals surface area contributed by atoms with E-state index in [4.69, 9.17) is 0 Å². The minimum absolute atomic E-state index is 0.0637. The van der Waals surface area contributed by atoms with Gasteiger partial charge in [0.1, 0.15) is 5.69 Å². The maximum atomic E-state index is 12.3. The van der Waals surface area contributed by atoms with Crippen molar-refractivity contribution in [1.82, 2.24) is 15.1 Å². The monoisotopic (exact) mass is 295 g/mol. The van der Waals surface area contributed by atoms with Gasteiger partial charge in [0.15, 0.2) is 0 Å². The Kier molecular flexibility index (Phi) is 5.56. The van der Waals surface area contributed by atoms with E-state index < -0.39 is 5.54 Å². The van der Waals surface area contributed by atoms with Crippen molar-refractivity contribution >= 4 is 5.91 Å². The Labute approximate surface area is 127 Å². The molecule has 0 spiro atoms. The number of nitrogens with zero attached hydrogens (tertiary/aromatic N) is 2. The van der Waals surface area contributed by atoms with E-state index in [0.29, 0.717) is 5.69 Å². The number of hydrogen-bond donors (Lipinski definition) is 2. The molecule has 5 nitrogen and oxygen atoms in total. The van der Waals surface area contributed by atoms with Gasteiger partial charge in [-0.1, -0.05) is 34.1 Å². The summed E-state index contributed by atoms with van der Waals surface area (Å²) in [5, 5.41) is 16.5. The summed E-state index contributed by atoms with van der Waals surface area (Å²) in [7, 11) is 0. The van der Waals surface area contributed by atoms with E-state index >= 15 is 0 Å². The fourth-order valence-electron chi connectivity index (χ4n) is 2.02. The van der Waals surface area contributed by atoms with E-state index in [1.165, 1.54) is 0 Å². The first-order chi connectivity index (χ1) is 9.60. The Bertz CT molecular complexity index is 484. The van der Waals surface area contributed by atoms with Crippen molar-refractivity contribution < 1.29 is 9.90 Å². The van der Waals surface area contributed by atoms with E-state index in [-0.39, 0.29) is 17.9 Å². The van der Waals surface area contributed by atoms with Crippen LogP contribution in [-0.4, -0.2) is 32.9 Å². The second kappa shape index (κ2) is 6.60. The lowest BCUT2D eigenvalue weighted by Crippen LogP contribution is -2.46. The number of aliphatic hydroxyl groups is 1. The smallest absolute Gasteiger partial charge is 0.272 e. The Morgan fingerprint density at radius 1 is 1.33 bits per heavy atom.